The Morgan fingerprint density at radius 2 is 1.77 bits per heavy atom. The number of methoxy groups -OCH3 is 1. The molecule has 0 unspecified atom stereocenters. The molecule has 0 aliphatic carbocycles. The van der Waals surface area contributed by atoms with E-state index in [4.69, 9.17) is 15.2 Å². The Balaban J connectivity index is 2.17. The van der Waals surface area contributed by atoms with E-state index in [1.54, 1.807) is 38.1 Å². The van der Waals surface area contributed by atoms with Crippen LogP contribution < -0.4 is 11.1 Å². The Hall–Kier alpha value is -3.62. The Morgan fingerprint density at radius 3 is 2.33 bits per heavy atom. The number of aryl methyl sites for hydroxylation is 1. The van der Waals surface area contributed by atoms with Gasteiger partial charge in [0.15, 0.2) is 6.10 Å². The van der Waals surface area contributed by atoms with Gasteiger partial charge in [0.25, 0.3) is 0 Å². The van der Waals surface area contributed by atoms with Gasteiger partial charge in [0.2, 0.25) is 5.78 Å². The molecule has 9 nitrogen and oxygen atoms in total. The Labute approximate surface area is 173 Å². The van der Waals surface area contributed by atoms with Crippen LogP contribution in [0.15, 0.2) is 30.3 Å². The number of nitrogens with one attached hydrogen (secondary N) is 2. The first-order valence-electron chi connectivity index (χ1n) is 9.27. The molecule has 0 fully saturated rings. The molecule has 2 rings (SSSR count). The van der Waals surface area contributed by atoms with Crippen molar-refractivity contribution in [1.82, 2.24) is 10.3 Å². The minimum absolute atomic E-state index is 0.149. The summed E-state index contributed by atoms with van der Waals surface area (Å²) in [6.45, 7) is 4.65. The number of ketones is 1. The van der Waals surface area contributed by atoms with Gasteiger partial charge in [0.1, 0.15) is 6.04 Å². The van der Waals surface area contributed by atoms with Crippen LogP contribution in [0.2, 0.25) is 0 Å². The SMILES string of the molecule is COC(=O)c1c(C)[nH]c(C(=O)[C@@H](C)OC(=O)[C@H](Cc2ccccc2)NC(N)=O)c1C. The van der Waals surface area contributed by atoms with Crippen molar-refractivity contribution in [3.05, 3.63) is 58.4 Å². The molecule has 0 radical (unpaired) electrons. The van der Waals surface area contributed by atoms with Crippen LogP contribution >= 0.6 is 0 Å². The lowest BCUT2D eigenvalue weighted by molar-refractivity contribution is -0.148. The lowest BCUT2D eigenvalue weighted by Gasteiger charge is -2.19. The maximum absolute atomic E-state index is 12.8. The van der Waals surface area contributed by atoms with E-state index in [9.17, 15) is 19.2 Å². The van der Waals surface area contributed by atoms with Crippen LogP contribution in [0.5, 0.6) is 0 Å². The van der Waals surface area contributed by atoms with Crippen LogP contribution in [-0.2, 0) is 20.7 Å². The first-order valence-corrected chi connectivity index (χ1v) is 9.27. The van der Waals surface area contributed by atoms with Crippen LogP contribution in [0, 0.1) is 13.8 Å². The minimum atomic E-state index is -1.16. The number of benzene rings is 1. The summed E-state index contributed by atoms with van der Waals surface area (Å²) in [7, 11) is 1.25. The van der Waals surface area contributed by atoms with E-state index >= 15 is 0 Å². The second-order valence-corrected chi connectivity index (χ2v) is 6.81. The van der Waals surface area contributed by atoms with E-state index in [1.807, 2.05) is 6.07 Å². The molecule has 160 valence electrons. The van der Waals surface area contributed by atoms with Crippen LogP contribution in [0.25, 0.3) is 0 Å². The number of carbonyl (C=O) groups is 4. The van der Waals surface area contributed by atoms with Crippen LogP contribution in [0.1, 0.15) is 44.6 Å². The van der Waals surface area contributed by atoms with Crippen LogP contribution in [-0.4, -0.2) is 48.0 Å². The van der Waals surface area contributed by atoms with Crippen molar-refractivity contribution in [2.75, 3.05) is 7.11 Å². The standard InChI is InChI=1S/C21H25N3O6/c1-11-16(20(27)29-4)12(2)23-17(11)18(25)13(3)30-19(26)15(24-21(22)28)10-14-8-6-5-7-9-14/h5-9,13,15,23H,10H2,1-4H3,(H3,22,24,28)/t13-,15+/m1/s1. The summed E-state index contributed by atoms with van der Waals surface area (Å²) in [5.74, 6) is -1.89. The number of aromatic amines is 1. The molecule has 0 saturated heterocycles. The number of esters is 2. The molecular formula is C21H25N3O6. The van der Waals surface area contributed by atoms with Gasteiger partial charge in [-0.3, -0.25) is 4.79 Å². The Bertz CT molecular complexity index is 951. The Morgan fingerprint density at radius 1 is 1.13 bits per heavy atom. The van der Waals surface area contributed by atoms with E-state index in [1.165, 1.54) is 14.0 Å². The number of aromatic nitrogens is 1. The number of ether oxygens (including phenoxy) is 2. The number of primary amides is 1. The number of Topliss-reactive ketones (excluding diaryl/α,β-unsaturated/α-hetero) is 1. The van der Waals surface area contributed by atoms with E-state index in [0.29, 0.717) is 11.3 Å². The van der Waals surface area contributed by atoms with Crippen LogP contribution in [0.4, 0.5) is 4.79 Å². The summed E-state index contributed by atoms with van der Waals surface area (Å²) in [5, 5.41) is 2.34. The topological polar surface area (TPSA) is 141 Å². The van der Waals surface area contributed by atoms with Gasteiger partial charge in [-0.15, -0.1) is 0 Å². The molecule has 0 saturated carbocycles. The molecular weight excluding hydrogens is 390 g/mol. The summed E-state index contributed by atoms with van der Waals surface area (Å²) >= 11 is 0. The fraction of sp³-hybridized carbons (Fsp3) is 0.333. The third-order valence-electron chi connectivity index (χ3n) is 4.62. The zero-order valence-corrected chi connectivity index (χ0v) is 17.3. The number of amides is 2. The van der Waals surface area contributed by atoms with Crippen molar-refractivity contribution >= 4 is 23.8 Å². The summed E-state index contributed by atoms with van der Waals surface area (Å²) in [6, 6.07) is 7.05. The van der Waals surface area contributed by atoms with Gasteiger partial charge in [-0.1, -0.05) is 30.3 Å². The number of hydrogen-bond donors (Lipinski definition) is 3. The first-order chi connectivity index (χ1) is 14.1. The number of carbonyl (C=O) groups excluding carboxylic acids is 4. The van der Waals surface area contributed by atoms with E-state index in [-0.39, 0.29) is 17.7 Å². The second-order valence-electron chi connectivity index (χ2n) is 6.81. The number of H-pyrrole nitrogens is 1. The minimum Gasteiger partial charge on any atom is -0.465 e. The van der Waals surface area contributed by atoms with Gasteiger partial charge in [0, 0.05) is 12.1 Å². The van der Waals surface area contributed by atoms with Gasteiger partial charge in [-0.2, -0.15) is 0 Å². The molecule has 4 N–H and O–H groups in total. The average molecular weight is 415 g/mol. The predicted octanol–water partition coefficient (Wildman–Crippen LogP) is 1.81. The third kappa shape index (κ3) is 5.25. The summed E-state index contributed by atoms with van der Waals surface area (Å²) in [6.07, 6.45) is -1.01. The number of urea groups is 1. The molecule has 2 amide bonds. The van der Waals surface area contributed by atoms with Crippen LogP contribution in [0.3, 0.4) is 0 Å². The Kier molecular flexibility index (Phi) is 7.35. The predicted molar refractivity (Wildman–Crippen MR) is 108 cm³/mol. The molecule has 9 heteroatoms. The lowest BCUT2D eigenvalue weighted by Crippen LogP contribution is -2.47. The maximum Gasteiger partial charge on any atom is 0.339 e. The highest BCUT2D eigenvalue weighted by Gasteiger charge is 2.30. The van der Waals surface area contributed by atoms with Gasteiger partial charge < -0.3 is 25.5 Å². The fourth-order valence-corrected chi connectivity index (χ4v) is 3.13. The summed E-state index contributed by atoms with van der Waals surface area (Å²) in [4.78, 5) is 51.5. The molecule has 1 aromatic heterocycles. The first kappa shape index (κ1) is 22.7. The molecule has 2 aromatic rings. The van der Waals surface area contributed by atoms with E-state index in [0.717, 1.165) is 5.56 Å². The zero-order valence-electron chi connectivity index (χ0n) is 17.3. The van der Waals surface area contributed by atoms with Gasteiger partial charge >= 0.3 is 18.0 Å². The van der Waals surface area contributed by atoms with Gasteiger partial charge in [-0.05, 0) is 31.9 Å². The molecule has 0 aliphatic heterocycles. The highest BCUT2D eigenvalue weighted by atomic mass is 16.5. The van der Waals surface area contributed by atoms with Gasteiger partial charge in [0.05, 0.1) is 18.4 Å². The van der Waals surface area contributed by atoms with Gasteiger partial charge in [-0.25, -0.2) is 14.4 Å². The largest absolute Gasteiger partial charge is 0.465 e. The molecule has 0 spiro atoms. The normalized spacial score (nSPS) is 12.5. The lowest BCUT2D eigenvalue weighted by atomic mass is 10.1. The molecule has 2 atom stereocenters. The smallest absolute Gasteiger partial charge is 0.339 e. The molecule has 30 heavy (non-hydrogen) atoms. The quantitative estimate of drug-likeness (QED) is 0.444. The zero-order chi connectivity index (χ0) is 22.4. The number of nitrogens with two attached hydrogens (primary N) is 1. The van der Waals surface area contributed by atoms with E-state index < -0.39 is 35.9 Å². The molecule has 1 aromatic carbocycles. The monoisotopic (exact) mass is 415 g/mol. The van der Waals surface area contributed by atoms with Crippen molar-refractivity contribution < 1.29 is 28.7 Å². The van der Waals surface area contributed by atoms with Crippen molar-refractivity contribution in [3.63, 3.8) is 0 Å². The number of hydrogen-bond acceptors (Lipinski definition) is 6. The fourth-order valence-electron chi connectivity index (χ4n) is 3.13. The third-order valence-corrected chi connectivity index (χ3v) is 4.62. The van der Waals surface area contributed by atoms with Crippen molar-refractivity contribution in [3.8, 4) is 0 Å². The highest BCUT2D eigenvalue weighted by molar-refractivity contribution is 6.04. The molecule has 1 heterocycles. The van der Waals surface area contributed by atoms with Crippen molar-refractivity contribution in [2.45, 2.75) is 39.3 Å². The number of rotatable bonds is 8. The van der Waals surface area contributed by atoms with Crippen molar-refractivity contribution in [2.24, 2.45) is 5.73 Å². The summed E-state index contributed by atoms with van der Waals surface area (Å²) in [5.41, 5.74) is 7.24. The molecule has 0 aliphatic rings. The average Bonchev–Trinajstić information content (AvgIpc) is 3.00. The van der Waals surface area contributed by atoms with Crippen molar-refractivity contribution in [1.29, 1.82) is 0 Å². The summed E-state index contributed by atoms with van der Waals surface area (Å²) < 4.78 is 10.0. The highest BCUT2D eigenvalue weighted by Crippen LogP contribution is 2.21. The molecule has 0 bridgehead atoms. The van der Waals surface area contributed by atoms with E-state index in [2.05, 4.69) is 10.3 Å². The second kappa shape index (κ2) is 9.73. The maximum atomic E-state index is 12.8.